The van der Waals surface area contributed by atoms with Crippen LogP contribution < -0.4 is 0 Å². The molecule has 0 heterocycles. The summed E-state index contributed by atoms with van der Waals surface area (Å²) in [5.41, 5.74) is 0. The zero-order valence-corrected chi connectivity index (χ0v) is 20.9. The minimum absolute atomic E-state index is 0.0107. The third-order valence-corrected chi connectivity index (χ3v) is 5.28. The molecule has 2 N–H and O–H groups in total. The fourth-order valence-electron chi connectivity index (χ4n) is 3.27. The second-order valence-corrected chi connectivity index (χ2v) is 8.56. The fourth-order valence-corrected chi connectivity index (χ4v) is 3.27. The molecule has 32 heavy (non-hydrogen) atoms. The highest BCUT2D eigenvalue weighted by atomic mass is 16.5. The topological polar surface area (TPSA) is 101 Å². The van der Waals surface area contributed by atoms with E-state index in [0.29, 0.717) is 25.9 Å². The lowest BCUT2D eigenvalue weighted by atomic mass is 10.1. The molecule has 190 valence electrons. The van der Waals surface area contributed by atoms with E-state index in [9.17, 15) is 14.4 Å². The maximum Gasteiger partial charge on any atom is 0.305 e. The third-order valence-electron chi connectivity index (χ3n) is 5.28. The van der Waals surface area contributed by atoms with Crippen LogP contribution in [0.4, 0.5) is 0 Å². The van der Waals surface area contributed by atoms with Crippen molar-refractivity contribution >= 4 is 17.9 Å². The van der Waals surface area contributed by atoms with Gasteiger partial charge in [-0.3, -0.25) is 14.4 Å². The fraction of sp³-hybridized carbons (Fsp3) is 0.885. The Morgan fingerprint density at radius 2 is 0.844 bits per heavy atom. The predicted octanol–water partition coefficient (Wildman–Crippen LogP) is 7.53. The van der Waals surface area contributed by atoms with Gasteiger partial charge in [0.15, 0.2) is 0 Å². The van der Waals surface area contributed by atoms with E-state index in [2.05, 4.69) is 13.8 Å². The molecule has 0 atom stereocenters. The average molecular weight is 459 g/mol. The lowest BCUT2D eigenvalue weighted by Gasteiger charge is -2.05. The highest BCUT2D eigenvalue weighted by Crippen LogP contribution is 2.11. The van der Waals surface area contributed by atoms with Gasteiger partial charge in [-0.15, -0.1) is 0 Å². The van der Waals surface area contributed by atoms with Crippen molar-refractivity contribution in [3.63, 3.8) is 0 Å². The van der Waals surface area contributed by atoms with Gasteiger partial charge in [-0.1, -0.05) is 97.3 Å². The molecule has 6 heteroatoms. The highest BCUT2D eigenvalue weighted by molar-refractivity contribution is 5.69. The lowest BCUT2D eigenvalue weighted by Crippen LogP contribution is -2.05. The molecule has 0 amide bonds. The molecule has 0 aliphatic carbocycles. The number of hydrogen-bond donors (Lipinski definition) is 2. The van der Waals surface area contributed by atoms with E-state index in [4.69, 9.17) is 14.9 Å². The van der Waals surface area contributed by atoms with Crippen LogP contribution in [0, 0.1) is 0 Å². The van der Waals surface area contributed by atoms with Gasteiger partial charge in [0, 0.05) is 19.3 Å². The first kappa shape index (κ1) is 32.6. The molecule has 0 unspecified atom stereocenters. The molecular formula is C26H50O6. The monoisotopic (exact) mass is 458 g/mol. The van der Waals surface area contributed by atoms with Crippen molar-refractivity contribution < 1.29 is 29.3 Å². The predicted molar refractivity (Wildman–Crippen MR) is 130 cm³/mol. The van der Waals surface area contributed by atoms with Crippen LogP contribution in [0.1, 0.15) is 142 Å². The first-order valence-electron chi connectivity index (χ1n) is 13.0. The van der Waals surface area contributed by atoms with Crippen molar-refractivity contribution in [1.82, 2.24) is 0 Å². The van der Waals surface area contributed by atoms with Gasteiger partial charge in [0.1, 0.15) is 0 Å². The van der Waals surface area contributed by atoms with E-state index < -0.39 is 11.9 Å². The summed E-state index contributed by atoms with van der Waals surface area (Å²) in [4.78, 5) is 31.4. The molecule has 0 spiro atoms. The molecule has 0 saturated heterocycles. The van der Waals surface area contributed by atoms with Gasteiger partial charge >= 0.3 is 17.9 Å². The van der Waals surface area contributed by atoms with Gasteiger partial charge in [0.2, 0.25) is 0 Å². The van der Waals surface area contributed by atoms with Crippen LogP contribution in [0.2, 0.25) is 0 Å². The summed E-state index contributed by atoms with van der Waals surface area (Å²) in [5, 5.41) is 16.3. The number of esters is 1. The van der Waals surface area contributed by atoms with Gasteiger partial charge < -0.3 is 14.9 Å². The largest absolute Gasteiger partial charge is 0.481 e. The van der Waals surface area contributed by atoms with E-state index >= 15 is 0 Å². The van der Waals surface area contributed by atoms with Crippen LogP contribution in [-0.4, -0.2) is 34.7 Å². The SMILES string of the molecule is CCCCCCCCCCCC(=O)OCCCCCCCC.O=C(O)CCCCC(=O)O. The van der Waals surface area contributed by atoms with E-state index in [1.54, 1.807) is 0 Å². The van der Waals surface area contributed by atoms with E-state index in [1.807, 2.05) is 0 Å². The Balaban J connectivity index is 0. The smallest absolute Gasteiger partial charge is 0.305 e. The van der Waals surface area contributed by atoms with E-state index in [1.165, 1.54) is 83.5 Å². The zero-order valence-electron chi connectivity index (χ0n) is 20.9. The summed E-state index contributed by atoms with van der Waals surface area (Å²) >= 11 is 0. The number of carbonyl (C=O) groups excluding carboxylic acids is 1. The molecule has 0 aromatic carbocycles. The summed E-state index contributed by atoms with van der Waals surface area (Å²) < 4.78 is 5.28. The Hall–Kier alpha value is -1.59. The molecule has 0 rings (SSSR count). The number of carboxylic acid groups (broad SMARTS) is 2. The summed E-state index contributed by atoms with van der Waals surface area (Å²) in [6, 6.07) is 0. The minimum atomic E-state index is -0.870. The summed E-state index contributed by atoms with van der Waals surface area (Å²) in [5.74, 6) is -1.73. The number of carboxylic acids is 2. The van der Waals surface area contributed by atoms with Crippen LogP contribution >= 0.6 is 0 Å². The lowest BCUT2D eigenvalue weighted by molar-refractivity contribution is -0.144. The van der Waals surface area contributed by atoms with Crippen LogP contribution in [0.25, 0.3) is 0 Å². The molecule has 0 fully saturated rings. The molecule has 0 aromatic rings. The second-order valence-electron chi connectivity index (χ2n) is 8.56. The Morgan fingerprint density at radius 1 is 0.500 bits per heavy atom. The molecular weight excluding hydrogens is 408 g/mol. The molecule has 0 aliphatic rings. The summed E-state index contributed by atoms with van der Waals surface area (Å²) in [7, 11) is 0. The van der Waals surface area contributed by atoms with Crippen LogP contribution in [0.3, 0.4) is 0 Å². The highest BCUT2D eigenvalue weighted by Gasteiger charge is 2.02. The maximum atomic E-state index is 11.6. The van der Waals surface area contributed by atoms with E-state index in [0.717, 1.165) is 12.8 Å². The van der Waals surface area contributed by atoms with Gasteiger partial charge in [-0.2, -0.15) is 0 Å². The normalized spacial score (nSPS) is 10.3. The standard InChI is InChI=1S/C20H40O2.C6H10O4/c1-3-5-7-9-11-12-13-14-16-18-20(21)22-19-17-15-10-8-6-4-2;7-5(8)3-1-2-4-6(9)10/h3-19H2,1-2H3;1-4H2,(H,7,8)(H,9,10). The Bertz CT molecular complexity index is 420. The minimum Gasteiger partial charge on any atom is -0.481 e. The number of hydrogen-bond acceptors (Lipinski definition) is 4. The Labute approximate surface area is 196 Å². The van der Waals surface area contributed by atoms with Crippen LogP contribution in [-0.2, 0) is 19.1 Å². The molecule has 6 nitrogen and oxygen atoms in total. The Kier molecular flexibility index (Phi) is 27.9. The van der Waals surface area contributed by atoms with Gasteiger partial charge in [0.05, 0.1) is 6.61 Å². The number of ether oxygens (including phenoxy) is 1. The van der Waals surface area contributed by atoms with E-state index in [-0.39, 0.29) is 18.8 Å². The average Bonchev–Trinajstić information content (AvgIpc) is 2.75. The first-order valence-corrected chi connectivity index (χ1v) is 13.0. The maximum absolute atomic E-state index is 11.6. The zero-order chi connectivity index (χ0) is 24.3. The molecule has 0 bridgehead atoms. The van der Waals surface area contributed by atoms with Crippen molar-refractivity contribution in [3.05, 3.63) is 0 Å². The second kappa shape index (κ2) is 27.4. The summed E-state index contributed by atoms with van der Waals surface area (Å²) in [6.45, 7) is 5.11. The van der Waals surface area contributed by atoms with Crippen molar-refractivity contribution in [2.75, 3.05) is 6.61 Å². The molecule has 0 saturated carbocycles. The van der Waals surface area contributed by atoms with Gasteiger partial charge in [-0.05, 0) is 25.7 Å². The molecule has 0 radical (unpaired) electrons. The number of rotatable bonds is 22. The molecule has 0 aromatic heterocycles. The van der Waals surface area contributed by atoms with Crippen LogP contribution in [0.5, 0.6) is 0 Å². The quantitative estimate of drug-likeness (QED) is 0.128. The Morgan fingerprint density at radius 3 is 1.25 bits per heavy atom. The van der Waals surface area contributed by atoms with Crippen molar-refractivity contribution in [3.8, 4) is 0 Å². The number of carbonyl (C=O) groups is 3. The first-order chi connectivity index (χ1) is 15.4. The van der Waals surface area contributed by atoms with Crippen molar-refractivity contribution in [1.29, 1.82) is 0 Å². The molecule has 0 aliphatic heterocycles. The summed E-state index contributed by atoms with van der Waals surface area (Å²) in [6.07, 6.45) is 20.7. The third kappa shape index (κ3) is 33.1. The van der Waals surface area contributed by atoms with Crippen molar-refractivity contribution in [2.45, 2.75) is 142 Å². The number of unbranched alkanes of at least 4 members (excludes halogenated alkanes) is 14. The number of aliphatic carboxylic acids is 2. The van der Waals surface area contributed by atoms with Gasteiger partial charge in [0.25, 0.3) is 0 Å². The van der Waals surface area contributed by atoms with Gasteiger partial charge in [-0.25, -0.2) is 0 Å². The van der Waals surface area contributed by atoms with Crippen molar-refractivity contribution in [2.24, 2.45) is 0 Å². The van der Waals surface area contributed by atoms with Crippen LogP contribution in [0.15, 0.2) is 0 Å².